The standard InChI is InChI=1S/C18H19N3O2/c1-23-14-6-2-5-13(11-14)16-12-17(22)21(10-4-8-19)18-15(16)7-3-9-20-18/h2-3,5-7,9,11-12H,4,8,10,19H2,1H3. The van der Waals surface area contributed by atoms with Crippen molar-refractivity contribution in [3.05, 3.63) is 59.0 Å². The summed E-state index contributed by atoms with van der Waals surface area (Å²) in [5.74, 6) is 0.756. The Labute approximate surface area is 134 Å². The second kappa shape index (κ2) is 6.62. The van der Waals surface area contributed by atoms with E-state index in [0.29, 0.717) is 18.7 Å². The number of methoxy groups -OCH3 is 1. The van der Waals surface area contributed by atoms with Crippen LogP contribution in [0.3, 0.4) is 0 Å². The lowest BCUT2D eigenvalue weighted by molar-refractivity contribution is 0.415. The van der Waals surface area contributed by atoms with E-state index in [1.165, 1.54) is 0 Å². The second-order valence-corrected chi connectivity index (χ2v) is 5.30. The molecule has 3 rings (SSSR count). The average Bonchev–Trinajstić information content (AvgIpc) is 2.60. The minimum atomic E-state index is -0.0672. The number of aryl methyl sites for hydroxylation is 1. The van der Waals surface area contributed by atoms with Gasteiger partial charge in [-0.25, -0.2) is 4.98 Å². The zero-order chi connectivity index (χ0) is 16.2. The van der Waals surface area contributed by atoms with Crippen molar-refractivity contribution in [1.82, 2.24) is 9.55 Å². The summed E-state index contributed by atoms with van der Waals surface area (Å²) in [5, 5.41) is 0.942. The molecule has 5 heteroatoms. The highest BCUT2D eigenvalue weighted by molar-refractivity contribution is 5.92. The van der Waals surface area contributed by atoms with E-state index < -0.39 is 0 Å². The van der Waals surface area contributed by atoms with Crippen LogP contribution in [0.5, 0.6) is 5.75 Å². The highest BCUT2D eigenvalue weighted by Gasteiger charge is 2.11. The molecule has 0 saturated heterocycles. The molecule has 0 atom stereocenters. The van der Waals surface area contributed by atoms with E-state index >= 15 is 0 Å². The Morgan fingerprint density at radius 1 is 1.22 bits per heavy atom. The van der Waals surface area contributed by atoms with Gasteiger partial charge in [-0.1, -0.05) is 12.1 Å². The Hall–Kier alpha value is -2.66. The zero-order valence-electron chi connectivity index (χ0n) is 13.0. The molecule has 0 bridgehead atoms. The fourth-order valence-electron chi connectivity index (χ4n) is 2.70. The minimum absolute atomic E-state index is 0.0672. The van der Waals surface area contributed by atoms with Crippen LogP contribution in [0.15, 0.2) is 53.5 Å². The van der Waals surface area contributed by atoms with Gasteiger partial charge in [-0.15, -0.1) is 0 Å². The topological polar surface area (TPSA) is 70.1 Å². The number of benzene rings is 1. The summed E-state index contributed by atoms with van der Waals surface area (Å²) in [6.07, 6.45) is 2.44. The molecule has 1 aromatic carbocycles. The third-order valence-electron chi connectivity index (χ3n) is 3.83. The van der Waals surface area contributed by atoms with Gasteiger partial charge in [-0.05, 0) is 48.4 Å². The maximum absolute atomic E-state index is 12.5. The van der Waals surface area contributed by atoms with Gasteiger partial charge in [0.05, 0.1) is 7.11 Å². The van der Waals surface area contributed by atoms with Crippen LogP contribution >= 0.6 is 0 Å². The molecule has 0 aliphatic carbocycles. The lowest BCUT2D eigenvalue weighted by atomic mass is 10.0. The molecule has 0 aliphatic rings. The van der Waals surface area contributed by atoms with Crippen LogP contribution in [-0.4, -0.2) is 23.2 Å². The fraction of sp³-hybridized carbons (Fsp3) is 0.222. The van der Waals surface area contributed by atoms with Gasteiger partial charge in [0.2, 0.25) is 0 Å². The third-order valence-corrected chi connectivity index (χ3v) is 3.83. The predicted octanol–water partition coefficient (Wildman–Crippen LogP) is 2.42. The van der Waals surface area contributed by atoms with Crippen LogP contribution in [0.4, 0.5) is 0 Å². The number of hydrogen-bond donors (Lipinski definition) is 1. The van der Waals surface area contributed by atoms with E-state index in [4.69, 9.17) is 10.5 Å². The number of aromatic nitrogens is 2. The van der Waals surface area contributed by atoms with Gasteiger partial charge < -0.3 is 10.5 Å². The first-order valence-electron chi connectivity index (χ1n) is 7.57. The highest BCUT2D eigenvalue weighted by Crippen LogP contribution is 2.28. The smallest absolute Gasteiger partial charge is 0.252 e. The molecule has 0 amide bonds. The van der Waals surface area contributed by atoms with Crippen LogP contribution < -0.4 is 16.0 Å². The Morgan fingerprint density at radius 3 is 2.87 bits per heavy atom. The Kier molecular flexibility index (Phi) is 4.39. The maximum Gasteiger partial charge on any atom is 0.252 e. The van der Waals surface area contributed by atoms with Gasteiger partial charge in [0.1, 0.15) is 11.4 Å². The molecule has 5 nitrogen and oxygen atoms in total. The second-order valence-electron chi connectivity index (χ2n) is 5.30. The number of nitrogens with two attached hydrogens (primary N) is 1. The fourth-order valence-corrected chi connectivity index (χ4v) is 2.70. The summed E-state index contributed by atoms with van der Waals surface area (Å²) in [4.78, 5) is 17.0. The largest absolute Gasteiger partial charge is 0.497 e. The van der Waals surface area contributed by atoms with E-state index in [9.17, 15) is 4.79 Å². The molecule has 2 aromatic heterocycles. The molecule has 0 saturated carbocycles. The molecule has 2 heterocycles. The van der Waals surface area contributed by atoms with E-state index in [1.54, 1.807) is 23.9 Å². The molecule has 118 valence electrons. The summed E-state index contributed by atoms with van der Waals surface area (Å²) in [5.41, 5.74) is 7.99. The molecule has 0 radical (unpaired) electrons. The number of nitrogens with zero attached hydrogens (tertiary/aromatic N) is 2. The first-order chi connectivity index (χ1) is 11.2. The highest BCUT2D eigenvalue weighted by atomic mass is 16.5. The number of pyridine rings is 2. The van der Waals surface area contributed by atoms with Gasteiger partial charge in [0.25, 0.3) is 5.56 Å². The molecule has 0 aliphatic heterocycles. The monoisotopic (exact) mass is 309 g/mol. The summed E-state index contributed by atoms with van der Waals surface area (Å²) < 4.78 is 6.97. The van der Waals surface area contributed by atoms with Crippen LogP contribution in [0.25, 0.3) is 22.2 Å². The van der Waals surface area contributed by atoms with Crippen LogP contribution in [0.1, 0.15) is 6.42 Å². The van der Waals surface area contributed by atoms with Crippen molar-refractivity contribution < 1.29 is 4.74 Å². The Morgan fingerprint density at radius 2 is 2.09 bits per heavy atom. The van der Waals surface area contributed by atoms with Gasteiger partial charge in [-0.2, -0.15) is 0 Å². The average molecular weight is 309 g/mol. The summed E-state index contributed by atoms with van der Waals surface area (Å²) in [7, 11) is 1.63. The maximum atomic E-state index is 12.5. The zero-order valence-corrected chi connectivity index (χ0v) is 13.0. The summed E-state index contributed by atoms with van der Waals surface area (Å²) in [6.45, 7) is 1.11. The first-order valence-corrected chi connectivity index (χ1v) is 7.57. The van der Waals surface area contributed by atoms with Crippen LogP contribution in [0.2, 0.25) is 0 Å². The van der Waals surface area contributed by atoms with Crippen molar-refractivity contribution in [2.75, 3.05) is 13.7 Å². The first kappa shape index (κ1) is 15.2. The number of hydrogen-bond acceptors (Lipinski definition) is 4. The van der Waals surface area contributed by atoms with Gasteiger partial charge in [0.15, 0.2) is 0 Å². The third kappa shape index (κ3) is 2.96. The molecule has 23 heavy (non-hydrogen) atoms. The van der Waals surface area contributed by atoms with Crippen molar-refractivity contribution in [3.63, 3.8) is 0 Å². The quantitative estimate of drug-likeness (QED) is 0.786. The summed E-state index contributed by atoms with van der Waals surface area (Å²) >= 11 is 0. The normalized spacial score (nSPS) is 10.9. The van der Waals surface area contributed by atoms with Crippen LogP contribution in [0, 0.1) is 0 Å². The predicted molar refractivity (Wildman–Crippen MR) is 91.7 cm³/mol. The van der Waals surface area contributed by atoms with Crippen molar-refractivity contribution in [2.45, 2.75) is 13.0 Å². The van der Waals surface area contributed by atoms with Crippen molar-refractivity contribution in [1.29, 1.82) is 0 Å². The lowest BCUT2D eigenvalue weighted by Gasteiger charge is -2.13. The van der Waals surface area contributed by atoms with E-state index in [2.05, 4.69) is 4.98 Å². The van der Waals surface area contributed by atoms with E-state index in [1.807, 2.05) is 36.4 Å². The van der Waals surface area contributed by atoms with Gasteiger partial charge >= 0.3 is 0 Å². The SMILES string of the molecule is COc1cccc(-c2cc(=O)n(CCCN)c3ncccc23)c1. The van der Waals surface area contributed by atoms with Crippen molar-refractivity contribution >= 4 is 11.0 Å². The van der Waals surface area contributed by atoms with Crippen molar-refractivity contribution in [3.8, 4) is 16.9 Å². The number of rotatable bonds is 5. The molecule has 2 N–H and O–H groups in total. The molecule has 3 aromatic rings. The van der Waals surface area contributed by atoms with E-state index in [-0.39, 0.29) is 5.56 Å². The molecular weight excluding hydrogens is 290 g/mol. The summed E-state index contributed by atoms with van der Waals surface area (Å²) in [6, 6.07) is 13.2. The molecule has 0 spiro atoms. The minimum Gasteiger partial charge on any atom is -0.497 e. The van der Waals surface area contributed by atoms with Gasteiger partial charge in [-0.3, -0.25) is 9.36 Å². The Balaban J connectivity index is 2.24. The Bertz CT molecular complexity index is 887. The molecular formula is C18H19N3O2. The number of fused-ring (bicyclic) bond motifs is 1. The number of ether oxygens (including phenoxy) is 1. The van der Waals surface area contributed by atoms with Crippen LogP contribution in [-0.2, 0) is 6.54 Å². The molecule has 0 unspecified atom stereocenters. The van der Waals surface area contributed by atoms with E-state index in [0.717, 1.165) is 28.7 Å². The molecule has 0 fully saturated rings. The van der Waals surface area contributed by atoms with Gasteiger partial charge in [0, 0.05) is 24.2 Å². The lowest BCUT2D eigenvalue weighted by Crippen LogP contribution is -2.22. The van der Waals surface area contributed by atoms with Crippen molar-refractivity contribution in [2.24, 2.45) is 5.73 Å².